The summed E-state index contributed by atoms with van der Waals surface area (Å²) in [7, 11) is 3.21. The van der Waals surface area contributed by atoms with Crippen LogP contribution >= 0.6 is 11.8 Å². The van der Waals surface area contributed by atoms with Crippen LogP contribution in [0.4, 0.5) is 0 Å². The molecule has 1 amide bonds. The number of hydrogen-bond donors (Lipinski definition) is 1. The lowest BCUT2D eigenvalue weighted by Crippen LogP contribution is -2.25. The van der Waals surface area contributed by atoms with Gasteiger partial charge in [-0.1, -0.05) is 36.0 Å². The molecule has 25 heavy (non-hydrogen) atoms. The van der Waals surface area contributed by atoms with Crippen LogP contribution in [0, 0.1) is 0 Å². The summed E-state index contributed by atoms with van der Waals surface area (Å²) in [6.45, 7) is 5.08. The Hall–Kier alpha value is -2.32. The Labute approximate surface area is 151 Å². The van der Waals surface area contributed by atoms with Crippen LogP contribution in [0.15, 0.2) is 42.1 Å². The minimum Gasteiger partial charge on any atom is -0.496 e. The van der Waals surface area contributed by atoms with Gasteiger partial charge in [-0.2, -0.15) is 0 Å². The molecule has 0 bridgehead atoms. The predicted molar refractivity (Wildman–Crippen MR) is 96.5 cm³/mol. The van der Waals surface area contributed by atoms with Gasteiger partial charge >= 0.3 is 0 Å². The fourth-order valence-electron chi connectivity index (χ4n) is 2.20. The van der Waals surface area contributed by atoms with Crippen molar-refractivity contribution in [2.45, 2.75) is 24.9 Å². The summed E-state index contributed by atoms with van der Waals surface area (Å²) in [5.41, 5.74) is 0.931. The first kappa shape index (κ1) is 19.0. The molecule has 0 aliphatic heterocycles. The monoisotopic (exact) mass is 362 g/mol. The molecule has 134 valence electrons. The van der Waals surface area contributed by atoms with Crippen LogP contribution in [-0.2, 0) is 29.2 Å². The van der Waals surface area contributed by atoms with E-state index in [4.69, 9.17) is 9.47 Å². The van der Waals surface area contributed by atoms with Crippen LogP contribution in [0.2, 0.25) is 0 Å². The first-order valence-corrected chi connectivity index (χ1v) is 8.71. The first-order chi connectivity index (χ1) is 12.2. The Morgan fingerprint density at radius 1 is 1.36 bits per heavy atom. The van der Waals surface area contributed by atoms with Crippen LogP contribution in [0.1, 0.15) is 11.4 Å². The average molecular weight is 362 g/mol. The van der Waals surface area contributed by atoms with E-state index in [1.807, 2.05) is 28.8 Å². The number of benzene rings is 1. The maximum absolute atomic E-state index is 12.1. The Morgan fingerprint density at radius 3 is 2.88 bits per heavy atom. The average Bonchev–Trinajstić information content (AvgIpc) is 3.01. The standard InChI is InChI=1S/C17H22N4O3S/c1-4-9-21-15(11-23-2)19-20-17(21)25-12-16(22)18-10-13-7-5-6-8-14(13)24-3/h4-8H,1,9-12H2,2-3H3,(H,18,22). The molecule has 0 unspecified atom stereocenters. The highest BCUT2D eigenvalue weighted by atomic mass is 32.2. The van der Waals surface area contributed by atoms with E-state index in [9.17, 15) is 4.79 Å². The molecule has 0 spiro atoms. The molecule has 0 aliphatic rings. The second-order valence-electron chi connectivity index (χ2n) is 5.11. The molecule has 2 aromatic rings. The number of hydrogen-bond acceptors (Lipinski definition) is 6. The summed E-state index contributed by atoms with van der Waals surface area (Å²) in [4.78, 5) is 12.1. The Balaban J connectivity index is 1.90. The number of thioether (sulfide) groups is 1. The molecule has 0 aliphatic carbocycles. The summed E-state index contributed by atoms with van der Waals surface area (Å²) in [6.07, 6.45) is 1.76. The van der Waals surface area contributed by atoms with E-state index in [0.717, 1.165) is 11.3 Å². The van der Waals surface area contributed by atoms with Crippen molar-refractivity contribution in [3.05, 3.63) is 48.3 Å². The summed E-state index contributed by atoms with van der Waals surface area (Å²) in [6, 6.07) is 7.59. The van der Waals surface area contributed by atoms with Gasteiger partial charge in [0.15, 0.2) is 11.0 Å². The van der Waals surface area contributed by atoms with E-state index in [0.29, 0.717) is 30.7 Å². The largest absolute Gasteiger partial charge is 0.496 e. The van der Waals surface area contributed by atoms with Crippen LogP contribution in [0.5, 0.6) is 5.75 Å². The van der Waals surface area contributed by atoms with Crippen LogP contribution < -0.4 is 10.1 Å². The molecule has 1 aromatic carbocycles. The third kappa shape index (κ3) is 5.33. The molecular weight excluding hydrogens is 340 g/mol. The second-order valence-corrected chi connectivity index (χ2v) is 6.05. The Kier molecular flexibility index (Phi) is 7.49. The van der Waals surface area contributed by atoms with Crippen molar-refractivity contribution in [2.24, 2.45) is 0 Å². The van der Waals surface area contributed by atoms with Gasteiger partial charge in [-0.05, 0) is 6.07 Å². The summed E-state index contributed by atoms with van der Waals surface area (Å²) < 4.78 is 12.3. The van der Waals surface area contributed by atoms with Crippen molar-refractivity contribution in [3.63, 3.8) is 0 Å². The lowest BCUT2D eigenvalue weighted by atomic mass is 10.2. The third-order valence-corrected chi connectivity index (χ3v) is 4.35. The number of methoxy groups -OCH3 is 2. The number of para-hydroxylation sites is 1. The number of carbonyl (C=O) groups is 1. The van der Waals surface area contributed by atoms with Crippen molar-refractivity contribution in [1.82, 2.24) is 20.1 Å². The van der Waals surface area contributed by atoms with Gasteiger partial charge in [-0.25, -0.2) is 0 Å². The fourth-order valence-corrected chi connectivity index (χ4v) is 2.99. The van der Waals surface area contributed by atoms with Gasteiger partial charge in [-0.15, -0.1) is 16.8 Å². The molecule has 1 N–H and O–H groups in total. The summed E-state index contributed by atoms with van der Waals surface area (Å²) >= 11 is 1.33. The highest BCUT2D eigenvalue weighted by Crippen LogP contribution is 2.19. The second kappa shape index (κ2) is 9.85. The van der Waals surface area contributed by atoms with Gasteiger partial charge in [0.25, 0.3) is 0 Å². The highest BCUT2D eigenvalue weighted by molar-refractivity contribution is 7.99. The van der Waals surface area contributed by atoms with Gasteiger partial charge in [-0.3, -0.25) is 4.79 Å². The molecule has 0 radical (unpaired) electrons. The molecule has 0 saturated carbocycles. The van der Waals surface area contributed by atoms with Crippen molar-refractivity contribution < 1.29 is 14.3 Å². The van der Waals surface area contributed by atoms with E-state index in [2.05, 4.69) is 22.1 Å². The highest BCUT2D eigenvalue weighted by Gasteiger charge is 2.13. The Morgan fingerprint density at radius 2 is 2.16 bits per heavy atom. The predicted octanol–water partition coefficient (Wildman–Crippen LogP) is 2.03. The zero-order valence-electron chi connectivity index (χ0n) is 14.4. The van der Waals surface area contributed by atoms with Crippen LogP contribution in [0.25, 0.3) is 0 Å². The van der Waals surface area contributed by atoms with Crippen molar-refractivity contribution in [3.8, 4) is 5.75 Å². The van der Waals surface area contributed by atoms with Gasteiger partial charge in [0.2, 0.25) is 5.91 Å². The fraction of sp³-hybridized carbons (Fsp3) is 0.353. The van der Waals surface area contributed by atoms with Crippen molar-refractivity contribution in [1.29, 1.82) is 0 Å². The van der Waals surface area contributed by atoms with E-state index >= 15 is 0 Å². The SMILES string of the molecule is C=CCn1c(COC)nnc1SCC(=O)NCc1ccccc1OC. The minimum atomic E-state index is -0.0858. The molecule has 1 aromatic heterocycles. The van der Waals surface area contributed by atoms with Crippen molar-refractivity contribution >= 4 is 17.7 Å². The number of rotatable bonds is 10. The number of ether oxygens (including phenoxy) is 2. The summed E-state index contributed by atoms with van der Waals surface area (Å²) in [5, 5.41) is 11.8. The summed E-state index contributed by atoms with van der Waals surface area (Å²) in [5.74, 6) is 1.62. The number of amides is 1. The van der Waals surface area contributed by atoms with Gasteiger partial charge < -0.3 is 19.4 Å². The van der Waals surface area contributed by atoms with Crippen molar-refractivity contribution in [2.75, 3.05) is 20.0 Å². The van der Waals surface area contributed by atoms with Gasteiger partial charge in [0.1, 0.15) is 12.4 Å². The molecule has 8 heteroatoms. The zero-order valence-corrected chi connectivity index (χ0v) is 15.2. The number of nitrogens with zero attached hydrogens (tertiary/aromatic N) is 3. The topological polar surface area (TPSA) is 78.3 Å². The van der Waals surface area contributed by atoms with E-state index in [1.165, 1.54) is 11.8 Å². The van der Waals surface area contributed by atoms with Crippen LogP contribution in [-0.4, -0.2) is 40.6 Å². The van der Waals surface area contributed by atoms with Crippen LogP contribution in [0.3, 0.4) is 0 Å². The molecule has 0 saturated heterocycles. The van der Waals surface area contributed by atoms with Gasteiger partial charge in [0.05, 0.1) is 12.9 Å². The van der Waals surface area contributed by atoms with E-state index < -0.39 is 0 Å². The number of allylic oxidation sites excluding steroid dienone is 1. The quantitative estimate of drug-likeness (QED) is 0.515. The van der Waals surface area contributed by atoms with E-state index in [-0.39, 0.29) is 11.7 Å². The maximum Gasteiger partial charge on any atom is 0.230 e. The lowest BCUT2D eigenvalue weighted by Gasteiger charge is -2.10. The van der Waals surface area contributed by atoms with E-state index in [1.54, 1.807) is 20.3 Å². The minimum absolute atomic E-state index is 0.0858. The normalized spacial score (nSPS) is 10.5. The molecule has 2 rings (SSSR count). The van der Waals surface area contributed by atoms with Gasteiger partial charge in [0, 0.05) is 25.8 Å². The molecule has 0 fully saturated rings. The first-order valence-electron chi connectivity index (χ1n) is 7.72. The smallest absolute Gasteiger partial charge is 0.230 e. The number of carbonyl (C=O) groups excluding carboxylic acids is 1. The third-order valence-electron chi connectivity index (χ3n) is 3.38. The molecule has 0 atom stereocenters. The number of nitrogens with one attached hydrogen (secondary N) is 1. The molecular formula is C17H22N4O3S. The lowest BCUT2D eigenvalue weighted by molar-refractivity contribution is -0.118. The zero-order chi connectivity index (χ0) is 18.1. The Bertz CT molecular complexity index is 718. The molecule has 1 heterocycles. The molecule has 7 nitrogen and oxygen atoms in total. The maximum atomic E-state index is 12.1. The number of aromatic nitrogens is 3.